The Labute approximate surface area is 130 Å². The fourth-order valence-electron chi connectivity index (χ4n) is 1.86. The number of benzene rings is 2. The predicted octanol–water partition coefficient (Wildman–Crippen LogP) is 3.15. The second kappa shape index (κ2) is 6.03. The highest BCUT2D eigenvalue weighted by atomic mass is 79.9. The highest BCUT2D eigenvalue weighted by molar-refractivity contribution is 9.10. The minimum atomic E-state index is -3.73. The summed E-state index contributed by atoms with van der Waals surface area (Å²) in [5.74, 6) is -0.764. The van der Waals surface area contributed by atoms with Gasteiger partial charge in [0, 0.05) is 16.1 Å². The van der Waals surface area contributed by atoms with E-state index in [4.69, 9.17) is 10.5 Å². The van der Waals surface area contributed by atoms with Crippen molar-refractivity contribution in [1.29, 1.82) is 0 Å². The third-order valence-electron chi connectivity index (χ3n) is 2.91. The van der Waals surface area contributed by atoms with Crippen LogP contribution < -0.4 is 10.5 Å². The Morgan fingerprint density at radius 1 is 1.24 bits per heavy atom. The molecule has 0 aliphatic rings. The van der Waals surface area contributed by atoms with E-state index in [0.29, 0.717) is 10.2 Å². The van der Waals surface area contributed by atoms with Gasteiger partial charge in [-0.2, -0.15) is 0 Å². The quantitative estimate of drug-likeness (QED) is 0.835. The molecule has 0 spiro atoms. The van der Waals surface area contributed by atoms with Crippen LogP contribution in [0, 0.1) is 5.82 Å². The van der Waals surface area contributed by atoms with E-state index in [1.54, 1.807) is 6.07 Å². The van der Waals surface area contributed by atoms with E-state index in [-0.39, 0.29) is 16.1 Å². The van der Waals surface area contributed by atoms with E-state index in [0.717, 1.165) is 6.07 Å². The average Bonchev–Trinajstić information content (AvgIpc) is 2.40. The average molecular weight is 374 g/mol. The molecule has 0 aliphatic heterocycles. The Hall–Kier alpha value is -1.60. The molecule has 0 bridgehead atoms. The monoisotopic (exact) mass is 373 g/mol. The van der Waals surface area contributed by atoms with Gasteiger partial charge in [0.05, 0.1) is 23.4 Å². The molecule has 0 heterocycles. The largest absolute Gasteiger partial charge is 0.497 e. The van der Waals surface area contributed by atoms with Gasteiger partial charge in [-0.1, -0.05) is 22.0 Å². The molecule has 21 heavy (non-hydrogen) atoms. The van der Waals surface area contributed by atoms with Gasteiger partial charge in [0.1, 0.15) is 11.6 Å². The zero-order valence-corrected chi connectivity index (χ0v) is 13.5. The molecule has 0 saturated heterocycles. The first-order chi connectivity index (χ1) is 9.83. The number of nitrogen functional groups attached to an aromatic ring is 1. The predicted molar refractivity (Wildman–Crippen MR) is 82.4 cm³/mol. The van der Waals surface area contributed by atoms with Gasteiger partial charge in [0.25, 0.3) is 0 Å². The molecule has 0 radical (unpaired) electrons. The summed E-state index contributed by atoms with van der Waals surface area (Å²) in [4.78, 5) is -0.0130. The number of rotatable bonds is 4. The first-order valence-corrected chi connectivity index (χ1v) is 8.38. The second-order valence-electron chi connectivity index (χ2n) is 4.40. The van der Waals surface area contributed by atoms with Crippen LogP contribution in [0.2, 0.25) is 0 Å². The first-order valence-electron chi connectivity index (χ1n) is 5.93. The summed E-state index contributed by atoms with van der Waals surface area (Å²) >= 11 is 3.21. The number of hydrogen-bond acceptors (Lipinski definition) is 4. The summed E-state index contributed by atoms with van der Waals surface area (Å²) in [7, 11) is -2.32. The minimum absolute atomic E-state index is 0.0130. The Kier molecular flexibility index (Phi) is 4.53. The van der Waals surface area contributed by atoms with E-state index in [2.05, 4.69) is 15.9 Å². The van der Waals surface area contributed by atoms with E-state index in [1.807, 2.05) is 0 Å². The lowest BCUT2D eigenvalue weighted by Gasteiger charge is -2.09. The molecule has 0 unspecified atom stereocenters. The zero-order valence-electron chi connectivity index (χ0n) is 11.1. The summed E-state index contributed by atoms with van der Waals surface area (Å²) in [6.07, 6.45) is 0. The molecule has 2 rings (SSSR count). The summed E-state index contributed by atoms with van der Waals surface area (Å²) in [5, 5.41) is 0. The van der Waals surface area contributed by atoms with Crippen LogP contribution in [-0.4, -0.2) is 15.5 Å². The zero-order chi connectivity index (χ0) is 15.6. The van der Waals surface area contributed by atoms with Crippen molar-refractivity contribution in [1.82, 2.24) is 0 Å². The lowest BCUT2D eigenvalue weighted by molar-refractivity contribution is 0.411. The molecule has 0 fully saturated rings. The van der Waals surface area contributed by atoms with Crippen LogP contribution in [0.3, 0.4) is 0 Å². The minimum Gasteiger partial charge on any atom is -0.497 e. The van der Waals surface area contributed by atoms with E-state index >= 15 is 0 Å². The van der Waals surface area contributed by atoms with Crippen LogP contribution in [0.1, 0.15) is 5.56 Å². The Morgan fingerprint density at radius 3 is 2.52 bits per heavy atom. The molecule has 0 atom stereocenters. The van der Waals surface area contributed by atoms with Crippen LogP contribution in [0.25, 0.3) is 0 Å². The van der Waals surface area contributed by atoms with Gasteiger partial charge in [0.2, 0.25) is 0 Å². The van der Waals surface area contributed by atoms with E-state index in [9.17, 15) is 12.8 Å². The SMILES string of the molecule is COc1ccc(CS(=O)(=O)c2ccc(Br)cc2N)c(F)c1. The Bertz CT molecular complexity index is 778. The number of methoxy groups -OCH3 is 1. The standard InChI is InChI=1S/C14H13BrFNO3S/c1-20-11-4-2-9(12(16)7-11)8-21(18,19)14-5-3-10(15)6-13(14)17/h2-7H,8,17H2,1H3. The summed E-state index contributed by atoms with van der Waals surface area (Å²) in [5.41, 5.74) is 5.91. The number of anilines is 1. The highest BCUT2D eigenvalue weighted by Crippen LogP contribution is 2.27. The highest BCUT2D eigenvalue weighted by Gasteiger charge is 2.20. The molecule has 112 valence electrons. The molecule has 2 aromatic rings. The van der Waals surface area contributed by atoms with Gasteiger partial charge in [-0.15, -0.1) is 0 Å². The van der Waals surface area contributed by atoms with Crippen molar-refractivity contribution in [3.63, 3.8) is 0 Å². The van der Waals surface area contributed by atoms with Crippen LogP contribution in [0.15, 0.2) is 45.8 Å². The Balaban J connectivity index is 2.37. The van der Waals surface area contributed by atoms with Gasteiger partial charge < -0.3 is 10.5 Å². The fraction of sp³-hybridized carbons (Fsp3) is 0.143. The van der Waals surface area contributed by atoms with Crippen molar-refractivity contribution in [3.8, 4) is 5.75 Å². The molecule has 2 aromatic carbocycles. The van der Waals surface area contributed by atoms with E-state index < -0.39 is 21.4 Å². The molecule has 7 heteroatoms. The van der Waals surface area contributed by atoms with Crippen LogP contribution >= 0.6 is 15.9 Å². The maximum absolute atomic E-state index is 13.9. The van der Waals surface area contributed by atoms with Crippen LogP contribution in [-0.2, 0) is 15.6 Å². The Morgan fingerprint density at radius 2 is 1.95 bits per heavy atom. The molecule has 2 N–H and O–H groups in total. The molecule has 0 saturated carbocycles. The van der Waals surface area contributed by atoms with Crippen molar-refractivity contribution in [2.75, 3.05) is 12.8 Å². The van der Waals surface area contributed by atoms with Crippen molar-refractivity contribution < 1.29 is 17.5 Å². The van der Waals surface area contributed by atoms with Crippen molar-refractivity contribution in [2.24, 2.45) is 0 Å². The maximum Gasteiger partial charge on any atom is 0.184 e. The fourth-order valence-corrected chi connectivity index (χ4v) is 3.73. The van der Waals surface area contributed by atoms with Crippen LogP contribution in [0.4, 0.5) is 10.1 Å². The van der Waals surface area contributed by atoms with Crippen molar-refractivity contribution in [3.05, 3.63) is 52.3 Å². The molecule has 0 aliphatic carbocycles. The number of nitrogens with two attached hydrogens (primary N) is 1. The van der Waals surface area contributed by atoms with Gasteiger partial charge in [-0.05, 0) is 24.3 Å². The molecular formula is C14H13BrFNO3S. The number of hydrogen-bond donors (Lipinski definition) is 1. The summed E-state index contributed by atoms with van der Waals surface area (Å²) in [6.45, 7) is 0. The third kappa shape index (κ3) is 3.54. The maximum atomic E-state index is 13.9. The molecule has 4 nitrogen and oxygen atoms in total. The van der Waals surface area contributed by atoms with Gasteiger partial charge in [-0.3, -0.25) is 0 Å². The lowest BCUT2D eigenvalue weighted by atomic mass is 10.2. The van der Waals surface area contributed by atoms with Gasteiger partial charge >= 0.3 is 0 Å². The normalized spacial score (nSPS) is 11.4. The number of sulfone groups is 1. The topological polar surface area (TPSA) is 69.4 Å². The lowest BCUT2D eigenvalue weighted by Crippen LogP contribution is -2.09. The molecule has 0 aromatic heterocycles. The summed E-state index contributed by atoms with van der Waals surface area (Å²) in [6, 6.07) is 8.52. The number of ether oxygens (including phenoxy) is 1. The molecule has 0 amide bonds. The third-order valence-corrected chi connectivity index (χ3v) is 5.14. The summed E-state index contributed by atoms with van der Waals surface area (Å²) < 4.78 is 44.1. The van der Waals surface area contributed by atoms with Crippen molar-refractivity contribution >= 4 is 31.5 Å². The van der Waals surface area contributed by atoms with Gasteiger partial charge in [-0.25, -0.2) is 12.8 Å². The first kappa shape index (κ1) is 15.8. The second-order valence-corrected chi connectivity index (χ2v) is 7.27. The van der Waals surface area contributed by atoms with E-state index in [1.165, 1.54) is 31.4 Å². The molecular weight excluding hydrogens is 361 g/mol. The smallest absolute Gasteiger partial charge is 0.184 e. The number of halogens is 2. The van der Waals surface area contributed by atoms with Crippen molar-refractivity contribution in [2.45, 2.75) is 10.6 Å². The van der Waals surface area contributed by atoms with Crippen LogP contribution in [0.5, 0.6) is 5.75 Å². The van der Waals surface area contributed by atoms with Gasteiger partial charge in [0.15, 0.2) is 9.84 Å².